The van der Waals surface area contributed by atoms with Crippen LogP contribution in [0, 0.1) is 0 Å². The van der Waals surface area contributed by atoms with Crippen LogP contribution in [0.5, 0.6) is 5.75 Å². The highest BCUT2D eigenvalue weighted by Gasteiger charge is 2.00. The summed E-state index contributed by atoms with van der Waals surface area (Å²) < 4.78 is 5.66. The summed E-state index contributed by atoms with van der Waals surface area (Å²) in [5.41, 5.74) is 0.458. The first-order valence-electron chi connectivity index (χ1n) is 6.23. The van der Waals surface area contributed by atoms with Crippen molar-refractivity contribution in [1.29, 1.82) is 0 Å². The van der Waals surface area contributed by atoms with Crippen molar-refractivity contribution in [3.8, 4) is 5.75 Å². The number of aromatic nitrogens is 2. The Balaban J connectivity index is 1.74. The molecule has 0 amide bonds. The lowest BCUT2D eigenvalue weighted by Gasteiger charge is -2.06. The molecule has 3 aromatic rings. The van der Waals surface area contributed by atoms with Gasteiger partial charge in [-0.25, -0.2) is 9.97 Å². The Morgan fingerprint density at radius 1 is 1.00 bits per heavy atom. The molecule has 20 heavy (non-hydrogen) atoms. The summed E-state index contributed by atoms with van der Waals surface area (Å²) in [5, 5.41) is 2.30. The standard InChI is InChI=1S/C16H12N2O2/c19-10-12-8-17-16(18-9-12)11-20-15-6-5-13-3-1-2-4-14(13)7-15/h1-10H,11H2. The fourth-order valence-electron chi connectivity index (χ4n) is 1.91. The first kappa shape index (κ1) is 12.3. The first-order valence-corrected chi connectivity index (χ1v) is 6.23. The minimum atomic E-state index is 0.275. The molecule has 1 aromatic heterocycles. The lowest BCUT2D eigenvalue weighted by atomic mass is 10.1. The van der Waals surface area contributed by atoms with Crippen LogP contribution in [-0.2, 0) is 6.61 Å². The first-order chi connectivity index (χ1) is 9.85. The van der Waals surface area contributed by atoms with Gasteiger partial charge >= 0.3 is 0 Å². The Labute approximate surface area is 116 Å². The van der Waals surface area contributed by atoms with Crippen molar-refractivity contribution in [2.75, 3.05) is 0 Å². The van der Waals surface area contributed by atoms with Crippen molar-refractivity contribution < 1.29 is 9.53 Å². The van der Waals surface area contributed by atoms with Crippen molar-refractivity contribution in [1.82, 2.24) is 9.97 Å². The van der Waals surface area contributed by atoms with Crippen molar-refractivity contribution in [2.45, 2.75) is 6.61 Å². The Kier molecular flexibility index (Phi) is 3.37. The lowest BCUT2D eigenvalue weighted by molar-refractivity contribution is 0.112. The summed E-state index contributed by atoms with van der Waals surface area (Å²) in [6.07, 6.45) is 3.69. The smallest absolute Gasteiger partial charge is 0.166 e. The van der Waals surface area contributed by atoms with Gasteiger partial charge in [0.2, 0.25) is 0 Å². The summed E-state index contributed by atoms with van der Waals surface area (Å²) in [5.74, 6) is 1.32. The van der Waals surface area contributed by atoms with Crippen LogP contribution in [0.4, 0.5) is 0 Å². The molecule has 0 aliphatic carbocycles. The molecule has 4 heteroatoms. The van der Waals surface area contributed by atoms with E-state index in [0.717, 1.165) is 11.1 Å². The van der Waals surface area contributed by atoms with E-state index in [0.29, 0.717) is 17.7 Å². The van der Waals surface area contributed by atoms with Crippen molar-refractivity contribution in [2.24, 2.45) is 0 Å². The minimum absolute atomic E-state index is 0.275. The third-order valence-corrected chi connectivity index (χ3v) is 2.95. The van der Waals surface area contributed by atoms with E-state index in [4.69, 9.17) is 4.74 Å². The fraction of sp³-hybridized carbons (Fsp3) is 0.0625. The van der Waals surface area contributed by atoms with Crippen LogP contribution in [0.2, 0.25) is 0 Å². The van der Waals surface area contributed by atoms with Crippen LogP contribution in [0.1, 0.15) is 16.2 Å². The zero-order valence-electron chi connectivity index (χ0n) is 10.7. The van der Waals surface area contributed by atoms with Gasteiger partial charge in [-0.05, 0) is 22.9 Å². The molecule has 0 aliphatic heterocycles. The molecule has 98 valence electrons. The van der Waals surface area contributed by atoms with E-state index in [1.54, 1.807) is 0 Å². The number of hydrogen-bond acceptors (Lipinski definition) is 4. The predicted molar refractivity (Wildman–Crippen MR) is 75.7 cm³/mol. The van der Waals surface area contributed by atoms with Gasteiger partial charge in [-0.15, -0.1) is 0 Å². The van der Waals surface area contributed by atoms with Gasteiger partial charge in [-0.3, -0.25) is 4.79 Å². The molecule has 0 unspecified atom stereocenters. The van der Waals surface area contributed by atoms with Crippen LogP contribution < -0.4 is 4.74 Å². The third-order valence-electron chi connectivity index (χ3n) is 2.95. The molecule has 0 fully saturated rings. The Hall–Kier alpha value is -2.75. The molecule has 0 aliphatic rings. The molecule has 0 atom stereocenters. The predicted octanol–water partition coefficient (Wildman–Crippen LogP) is 3.02. The average Bonchev–Trinajstić information content (AvgIpc) is 2.53. The molecule has 3 rings (SSSR count). The van der Waals surface area contributed by atoms with E-state index in [1.807, 2.05) is 36.4 Å². The molecular formula is C16H12N2O2. The summed E-state index contributed by atoms with van der Waals surface area (Å²) in [4.78, 5) is 18.6. The third kappa shape index (κ3) is 2.64. The van der Waals surface area contributed by atoms with Crippen molar-refractivity contribution in [3.05, 3.63) is 66.2 Å². The highest BCUT2D eigenvalue weighted by atomic mass is 16.5. The van der Waals surface area contributed by atoms with E-state index in [1.165, 1.54) is 17.8 Å². The van der Waals surface area contributed by atoms with Crippen molar-refractivity contribution >= 4 is 17.1 Å². The Morgan fingerprint density at radius 2 is 1.75 bits per heavy atom. The quantitative estimate of drug-likeness (QED) is 0.680. The molecule has 0 bridgehead atoms. The Bertz CT molecular complexity index is 739. The normalized spacial score (nSPS) is 10.4. The van der Waals surface area contributed by atoms with Gasteiger partial charge in [0.25, 0.3) is 0 Å². The SMILES string of the molecule is O=Cc1cnc(COc2ccc3ccccc3c2)nc1. The van der Waals surface area contributed by atoms with Crippen molar-refractivity contribution in [3.63, 3.8) is 0 Å². The summed E-state index contributed by atoms with van der Waals surface area (Å²) in [6, 6.07) is 14.0. The maximum atomic E-state index is 10.5. The summed E-state index contributed by atoms with van der Waals surface area (Å²) in [7, 11) is 0. The number of benzene rings is 2. The van der Waals surface area contributed by atoms with E-state index in [9.17, 15) is 4.79 Å². The molecule has 1 heterocycles. The van der Waals surface area contributed by atoms with Crippen LogP contribution in [0.25, 0.3) is 10.8 Å². The largest absolute Gasteiger partial charge is 0.486 e. The van der Waals surface area contributed by atoms with Gasteiger partial charge in [0.1, 0.15) is 12.4 Å². The zero-order chi connectivity index (χ0) is 13.8. The fourth-order valence-corrected chi connectivity index (χ4v) is 1.91. The number of aldehydes is 1. The van der Waals surface area contributed by atoms with E-state index in [-0.39, 0.29) is 6.61 Å². The second-order valence-corrected chi connectivity index (χ2v) is 4.35. The zero-order valence-corrected chi connectivity index (χ0v) is 10.7. The van der Waals surface area contributed by atoms with Crippen LogP contribution >= 0.6 is 0 Å². The van der Waals surface area contributed by atoms with Crippen LogP contribution in [0.15, 0.2) is 54.9 Å². The maximum Gasteiger partial charge on any atom is 0.166 e. The second kappa shape index (κ2) is 5.48. The number of nitrogens with zero attached hydrogens (tertiary/aromatic N) is 2. The molecule has 0 N–H and O–H groups in total. The highest BCUT2D eigenvalue weighted by Crippen LogP contribution is 2.20. The van der Waals surface area contributed by atoms with Gasteiger partial charge in [0, 0.05) is 12.4 Å². The molecular weight excluding hydrogens is 252 g/mol. The van der Waals surface area contributed by atoms with E-state index < -0.39 is 0 Å². The van der Waals surface area contributed by atoms with E-state index in [2.05, 4.69) is 16.0 Å². The van der Waals surface area contributed by atoms with Gasteiger partial charge < -0.3 is 4.74 Å². The summed E-state index contributed by atoms with van der Waals surface area (Å²) >= 11 is 0. The molecule has 0 saturated heterocycles. The number of carbonyl (C=O) groups excluding carboxylic acids is 1. The van der Waals surface area contributed by atoms with Gasteiger partial charge in [-0.2, -0.15) is 0 Å². The second-order valence-electron chi connectivity index (χ2n) is 4.35. The number of carbonyl (C=O) groups is 1. The van der Waals surface area contributed by atoms with Crippen LogP contribution in [0.3, 0.4) is 0 Å². The van der Waals surface area contributed by atoms with E-state index >= 15 is 0 Å². The van der Waals surface area contributed by atoms with Gasteiger partial charge in [-0.1, -0.05) is 30.3 Å². The maximum absolute atomic E-state index is 10.5. The van der Waals surface area contributed by atoms with Crippen LogP contribution in [-0.4, -0.2) is 16.3 Å². The summed E-state index contributed by atoms with van der Waals surface area (Å²) in [6.45, 7) is 0.275. The highest BCUT2D eigenvalue weighted by molar-refractivity contribution is 5.83. The molecule has 4 nitrogen and oxygen atoms in total. The Morgan fingerprint density at radius 3 is 2.50 bits per heavy atom. The molecule has 0 saturated carbocycles. The van der Waals surface area contributed by atoms with Gasteiger partial charge in [0.15, 0.2) is 12.1 Å². The number of fused-ring (bicyclic) bond motifs is 1. The topological polar surface area (TPSA) is 52.1 Å². The number of ether oxygens (including phenoxy) is 1. The molecule has 0 spiro atoms. The van der Waals surface area contributed by atoms with Gasteiger partial charge in [0.05, 0.1) is 5.56 Å². The molecule has 2 aromatic carbocycles. The monoisotopic (exact) mass is 264 g/mol. The number of rotatable bonds is 4. The minimum Gasteiger partial charge on any atom is -0.486 e. The molecule has 0 radical (unpaired) electrons. The number of hydrogen-bond donors (Lipinski definition) is 0. The lowest BCUT2D eigenvalue weighted by Crippen LogP contribution is -2.01. The average molecular weight is 264 g/mol.